The zero-order chi connectivity index (χ0) is 15.6. The largest absolute Gasteiger partial charge is 0.496 e. The first-order valence-corrected chi connectivity index (χ1v) is 7.23. The minimum absolute atomic E-state index is 0.445. The maximum absolute atomic E-state index is 6.30. The van der Waals surface area contributed by atoms with Crippen molar-refractivity contribution in [3.8, 4) is 11.5 Å². The van der Waals surface area contributed by atoms with Crippen LogP contribution in [0.4, 0.5) is 0 Å². The second-order valence-electron chi connectivity index (χ2n) is 4.37. The van der Waals surface area contributed by atoms with Crippen LogP contribution in [0.25, 0.3) is 0 Å². The molecule has 0 aliphatic heterocycles. The van der Waals surface area contributed by atoms with Crippen LogP contribution in [-0.2, 0) is 0 Å². The summed E-state index contributed by atoms with van der Waals surface area (Å²) in [4.78, 5) is 0. The molecule has 0 bridgehead atoms. The number of hydrogen-bond donors (Lipinski definition) is 1. The molecule has 112 valence electrons. The molecule has 0 spiro atoms. The van der Waals surface area contributed by atoms with E-state index in [9.17, 15) is 0 Å². The van der Waals surface area contributed by atoms with Crippen molar-refractivity contribution in [3.05, 3.63) is 56.5 Å². The van der Waals surface area contributed by atoms with Gasteiger partial charge in [-0.1, -0.05) is 40.9 Å². The fraction of sp³-hybridized carbons (Fsp3) is 0.200. The van der Waals surface area contributed by atoms with Crippen LogP contribution in [0.5, 0.6) is 11.5 Å². The molecule has 0 heterocycles. The predicted octanol–water partition coefficient (Wildman–Crippen LogP) is 4.71. The molecule has 3 nitrogen and oxygen atoms in total. The molecule has 0 aliphatic rings. The van der Waals surface area contributed by atoms with Crippen LogP contribution < -0.4 is 15.2 Å². The summed E-state index contributed by atoms with van der Waals surface area (Å²) < 4.78 is 10.4. The van der Waals surface area contributed by atoms with E-state index in [0.717, 1.165) is 5.56 Å². The quantitative estimate of drug-likeness (QED) is 0.871. The van der Waals surface area contributed by atoms with E-state index >= 15 is 0 Å². The van der Waals surface area contributed by atoms with Crippen molar-refractivity contribution in [3.63, 3.8) is 0 Å². The number of halogens is 3. The van der Waals surface area contributed by atoms with Crippen LogP contribution in [0, 0.1) is 0 Å². The molecule has 0 aromatic heterocycles. The molecule has 0 saturated carbocycles. The third-order valence-electron chi connectivity index (χ3n) is 3.14. The van der Waals surface area contributed by atoms with Gasteiger partial charge in [0.1, 0.15) is 11.5 Å². The lowest BCUT2D eigenvalue weighted by molar-refractivity contribution is 0.407. The van der Waals surface area contributed by atoms with Crippen molar-refractivity contribution in [2.45, 2.75) is 6.04 Å². The second kappa shape index (κ2) is 6.75. The van der Waals surface area contributed by atoms with Gasteiger partial charge in [0.05, 0.1) is 25.3 Å². The molecule has 0 aliphatic carbocycles. The lowest BCUT2D eigenvalue weighted by Gasteiger charge is -2.18. The van der Waals surface area contributed by atoms with E-state index in [4.69, 9.17) is 50.0 Å². The average molecular weight is 347 g/mol. The van der Waals surface area contributed by atoms with Crippen LogP contribution in [0.1, 0.15) is 17.2 Å². The highest BCUT2D eigenvalue weighted by molar-refractivity contribution is 6.34. The summed E-state index contributed by atoms with van der Waals surface area (Å²) in [6.07, 6.45) is 0. The molecule has 2 aromatic carbocycles. The Balaban J connectivity index is 2.50. The van der Waals surface area contributed by atoms with Crippen molar-refractivity contribution in [2.75, 3.05) is 14.2 Å². The van der Waals surface area contributed by atoms with Gasteiger partial charge in [0.15, 0.2) is 0 Å². The first kappa shape index (κ1) is 16.2. The van der Waals surface area contributed by atoms with Crippen molar-refractivity contribution in [2.24, 2.45) is 5.73 Å². The van der Waals surface area contributed by atoms with Crippen LogP contribution in [0.2, 0.25) is 15.1 Å². The Morgan fingerprint density at radius 1 is 0.857 bits per heavy atom. The summed E-state index contributed by atoms with van der Waals surface area (Å²) in [5.41, 5.74) is 7.75. The molecule has 2 N–H and O–H groups in total. The fourth-order valence-electron chi connectivity index (χ4n) is 2.05. The van der Waals surface area contributed by atoms with Gasteiger partial charge in [-0.3, -0.25) is 0 Å². The smallest absolute Gasteiger partial charge is 0.138 e. The van der Waals surface area contributed by atoms with Gasteiger partial charge in [0.2, 0.25) is 0 Å². The fourth-order valence-corrected chi connectivity index (χ4v) is 2.73. The van der Waals surface area contributed by atoms with Crippen LogP contribution in [0.15, 0.2) is 30.3 Å². The van der Waals surface area contributed by atoms with Gasteiger partial charge in [0, 0.05) is 21.7 Å². The molecule has 0 fully saturated rings. The van der Waals surface area contributed by atoms with Crippen molar-refractivity contribution < 1.29 is 9.47 Å². The average Bonchev–Trinajstić information content (AvgIpc) is 2.48. The topological polar surface area (TPSA) is 44.5 Å². The monoisotopic (exact) mass is 345 g/mol. The third-order valence-corrected chi connectivity index (χ3v) is 3.99. The zero-order valence-electron chi connectivity index (χ0n) is 11.5. The van der Waals surface area contributed by atoms with Crippen LogP contribution in [-0.4, -0.2) is 14.2 Å². The Kier molecular flexibility index (Phi) is 5.22. The summed E-state index contributed by atoms with van der Waals surface area (Å²) in [7, 11) is 3.09. The third kappa shape index (κ3) is 3.38. The van der Waals surface area contributed by atoms with E-state index < -0.39 is 6.04 Å². The standard InChI is InChI=1S/C15H14Cl3NO2/c1-20-13-5-8(16)3-4-9(13)15(19)10-6-12(18)14(21-2)7-11(10)17/h3-7,15H,19H2,1-2H3. The maximum atomic E-state index is 6.30. The molecule has 6 heteroatoms. The Hall–Kier alpha value is -1.13. The van der Waals surface area contributed by atoms with Gasteiger partial charge in [0.25, 0.3) is 0 Å². The summed E-state index contributed by atoms with van der Waals surface area (Å²) in [6.45, 7) is 0. The van der Waals surface area contributed by atoms with Crippen molar-refractivity contribution >= 4 is 34.8 Å². The Bertz CT molecular complexity index is 662. The molecule has 1 atom stereocenters. The van der Waals surface area contributed by atoms with E-state index in [2.05, 4.69) is 0 Å². The minimum Gasteiger partial charge on any atom is -0.496 e. The van der Waals surface area contributed by atoms with E-state index in [0.29, 0.717) is 32.1 Å². The molecule has 0 amide bonds. The molecular formula is C15H14Cl3NO2. The van der Waals surface area contributed by atoms with Gasteiger partial charge >= 0.3 is 0 Å². The highest BCUT2D eigenvalue weighted by Crippen LogP contribution is 2.38. The number of nitrogens with two attached hydrogens (primary N) is 1. The summed E-state index contributed by atoms with van der Waals surface area (Å²) >= 11 is 18.4. The Morgan fingerprint density at radius 3 is 2.14 bits per heavy atom. The second-order valence-corrected chi connectivity index (χ2v) is 5.62. The molecular weight excluding hydrogens is 333 g/mol. The SMILES string of the molecule is COc1cc(Cl)c(C(N)c2ccc(Cl)cc2OC)cc1Cl. The summed E-state index contributed by atoms with van der Waals surface area (Å²) in [5, 5.41) is 1.49. The normalized spacial score (nSPS) is 12.1. The summed E-state index contributed by atoms with van der Waals surface area (Å²) in [5.74, 6) is 1.10. The molecule has 2 aromatic rings. The van der Waals surface area contributed by atoms with E-state index in [-0.39, 0.29) is 0 Å². The predicted molar refractivity (Wildman–Crippen MR) is 87.0 cm³/mol. The van der Waals surface area contributed by atoms with Gasteiger partial charge in [-0.15, -0.1) is 0 Å². The van der Waals surface area contributed by atoms with Gasteiger partial charge < -0.3 is 15.2 Å². The lowest BCUT2D eigenvalue weighted by Crippen LogP contribution is -2.14. The minimum atomic E-state index is -0.492. The van der Waals surface area contributed by atoms with E-state index in [1.165, 1.54) is 7.11 Å². The number of hydrogen-bond acceptors (Lipinski definition) is 3. The lowest BCUT2D eigenvalue weighted by atomic mass is 9.98. The number of benzene rings is 2. The van der Waals surface area contributed by atoms with Gasteiger partial charge in [-0.2, -0.15) is 0 Å². The molecule has 21 heavy (non-hydrogen) atoms. The number of ether oxygens (including phenoxy) is 2. The highest BCUT2D eigenvalue weighted by Gasteiger charge is 2.19. The first-order chi connectivity index (χ1) is 9.97. The van der Waals surface area contributed by atoms with Crippen molar-refractivity contribution in [1.29, 1.82) is 0 Å². The zero-order valence-corrected chi connectivity index (χ0v) is 13.8. The Labute approximate surface area is 138 Å². The molecule has 1 unspecified atom stereocenters. The van der Waals surface area contributed by atoms with Gasteiger partial charge in [-0.25, -0.2) is 0 Å². The van der Waals surface area contributed by atoms with E-state index in [1.807, 2.05) is 0 Å². The van der Waals surface area contributed by atoms with Crippen LogP contribution >= 0.6 is 34.8 Å². The van der Waals surface area contributed by atoms with E-state index in [1.54, 1.807) is 37.4 Å². The number of rotatable bonds is 4. The number of methoxy groups -OCH3 is 2. The molecule has 2 rings (SSSR count). The highest BCUT2D eigenvalue weighted by atomic mass is 35.5. The first-order valence-electron chi connectivity index (χ1n) is 6.10. The van der Waals surface area contributed by atoms with Gasteiger partial charge in [-0.05, 0) is 23.8 Å². The molecule has 0 radical (unpaired) electrons. The van der Waals surface area contributed by atoms with Crippen molar-refractivity contribution in [1.82, 2.24) is 0 Å². The maximum Gasteiger partial charge on any atom is 0.138 e. The van der Waals surface area contributed by atoms with Crippen LogP contribution in [0.3, 0.4) is 0 Å². The Morgan fingerprint density at radius 2 is 1.52 bits per heavy atom. The molecule has 0 saturated heterocycles. The summed E-state index contributed by atoms with van der Waals surface area (Å²) in [6, 6.07) is 8.10.